The van der Waals surface area contributed by atoms with Gasteiger partial charge >= 0.3 is 0 Å². The third kappa shape index (κ3) is 4.35. The van der Waals surface area contributed by atoms with Crippen molar-refractivity contribution in [3.63, 3.8) is 0 Å². The van der Waals surface area contributed by atoms with Crippen LogP contribution in [0.1, 0.15) is 31.2 Å². The van der Waals surface area contributed by atoms with Crippen LogP contribution in [0.4, 0.5) is 0 Å². The van der Waals surface area contributed by atoms with Gasteiger partial charge in [-0.15, -0.1) is 0 Å². The Morgan fingerprint density at radius 3 is 2.83 bits per heavy atom. The third-order valence-electron chi connectivity index (χ3n) is 4.86. The molecule has 0 spiro atoms. The number of rotatable bonds is 5. The third-order valence-corrected chi connectivity index (χ3v) is 4.86. The van der Waals surface area contributed by atoms with E-state index in [-0.39, 0.29) is 17.7 Å². The van der Waals surface area contributed by atoms with E-state index >= 15 is 0 Å². The molecule has 1 atom stereocenters. The number of piperidine rings is 1. The van der Waals surface area contributed by atoms with E-state index in [1.165, 1.54) is 0 Å². The normalized spacial score (nSPS) is 21.8. The monoisotopic (exact) mass is 334 g/mol. The van der Waals surface area contributed by atoms with Crippen LogP contribution in [-0.4, -0.2) is 71.2 Å². The first kappa shape index (κ1) is 17.0. The Morgan fingerprint density at radius 1 is 1.25 bits per heavy atom. The Labute approximate surface area is 142 Å². The number of morpholine rings is 1. The van der Waals surface area contributed by atoms with E-state index in [1.807, 2.05) is 16.0 Å². The van der Waals surface area contributed by atoms with Gasteiger partial charge in [0, 0.05) is 38.8 Å². The lowest BCUT2D eigenvalue weighted by atomic mass is 9.95. The number of amides is 2. The minimum atomic E-state index is -0.0466. The Bertz CT molecular complexity index is 540. The number of carbonyl (C=O) groups excluding carboxylic acids is 2. The van der Waals surface area contributed by atoms with Gasteiger partial charge < -0.3 is 14.5 Å². The molecular weight excluding hydrogens is 308 g/mol. The first-order valence-electron chi connectivity index (χ1n) is 8.86. The second-order valence-corrected chi connectivity index (χ2v) is 6.58. The molecule has 3 rings (SSSR count). The fraction of sp³-hybridized carbons (Fsp3) is 0.706. The fourth-order valence-corrected chi connectivity index (χ4v) is 3.46. The summed E-state index contributed by atoms with van der Waals surface area (Å²) in [6.07, 6.45) is 7.65. The Morgan fingerprint density at radius 2 is 2.08 bits per heavy atom. The molecule has 132 valence electrons. The second kappa shape index (κ2) is 8.28. The van der Waals surface area contributed by atoms with Gasteiger partial charge in [0.05, 0.1) is 25.3 Å². The van der Waals surface area contributed by atoms with Crippen molar-refractivity contribution >= 4 is 11.8 Å². The highest BCUT2D eigenvalue weighted by molar-refractivity contribution is 5.81. The Kier molecular flexibility index (Phi) is 5.85. The summed E-state index contributed by atoms with van der Waals surface area (Å²) < 4.78 is 5.31. The number of aromatic amines is 1. The molecule has 0 radical (unpaired) electrons. The number of aromatic nitrogens is 2. The predicted molar refractivity (Wildman–Crippen MR) is 88.2 cm³/mol. The van der Waals surface area contributed by atoms with Crippen LogP contribution in [0.3, 0.4) is 0 Å². The largest absolute Gasteiger partial charge is 0.378 e. The fourth-order valence-electron chi connectivity index (χ4n) is 3.46. The van der Waals surface area contributed by atoms with Crippen molar-refractivity contribution in [1.29, 1.82) is 0 Å². The lowest BCUT2D eigenvalue weighted by Gasteiger charge is -2.36. The van der Waals surface area contributed by atoms with Gasteiger partial charge in [0.25, 0.3) is 0 Å². The Balaban J connectivity index is 1.45. The topological polar surface area (TPSA) is 78.5 Å². The molecule has 2 fully saturated rings. The maximum Gasteiger partial charge on any atom is 0.227 e. The number of ether oxygens (including phenoxy) is 1. The SMILES string of the molecule is O=C(CCCc1cn[nH]c1)N1CCCC(C(=O)N2CCOCC2)C1. The van der Waals surface area contributed by atoms with Crippen molar-refractivity contribution in [2.45, 2.75) is 32.1 Å². The van der Waals surface area contributed by atoms with Crippen LogP contribution in [0.2, 0.25) is 0 Å². The van der Waals surface area contributed by atoms with Crippen molar-refractivity contribution in [3.8, 4) is 0 Å². The number of H-pyrrole nitrogens is 1. The molecule has 1 aromatic rings. The van der Waals surface area contributed by atoms with E-state index < -0.39 is 0 Å². The summed E-state index contributed by atoms with van der Waals surface area (Å²) in [4.78, 5) is 28.8. The maximum absolute atomic E-state index is 12.6. The van der Waals surface area contributed by atoms with Crippen LogP contribution in [0, 0.1) is 5.92 Å². The number of aryl methyl sites for hydroxylation is 1. The minimum Gasteiger partial charge on any atom is -0.378 e. The highest BCUT2D eigenvalue weighted by Crippen LogP contribution is 2.20. The van der Waals surface area contributed by atoms with E-state index in [9.17, 15) is 9.59 Å². The number of likely N-dealkylation sites (tertiary alicyclic amines) is 1. The molecule has 1 aromatic heterocycles. The van der Waals surface area contributed by atoms with Crippen molar-refractivity contribution in [2.24, 2.45) is 5.92 Å². The maximum atomic E-state index is 12.6. The first-order chi connectivity index (χ1) is 11.7. The summed E-state index contributed by atoms with van der Waals surface area (Å²) in [6.45, 7) is 3.93. The highest BCUT2D eigenvalue weighted by atomic mass is 16.5. The van der Waals surface area contributed by atoms with Crippen LogP contribution in [-0.2, 0) is 20.7 Å². The molecule has 1 N–H and O–H groups in total. The van der Waals surface area contributed by atoms with Gasteiger partial charge in [0.1, 0.15) is 0 Å². The van der Waals surface area contributed by atoms with Gasteiger partial charge in [-0.1, -0.05) is 0 Å². The predicted octanol–water partition coefficient (Wildman–Crippen LogP) is 0.830. The van der Waals surface area contributed by atoms with Crippen molar-refractivity contribution in [3.05, 3.63) is 18.0 Å². The van der Waals surface area contributed by atoms with Crippen LogP contribution in [0.15, 0.2) is 12.4 Å². The van der Waals surface area contributed by atoms with Crippen LogP contribution in [0.5, 0.6) is 0 Å². The quantitative estimate of drug-likeness (QED) is 0.865. The smallest absolute Gasteiger partial charge is 0.227 e. The molecule has 7 nitrogen and oxygen atoms in total. The zero-order valence-electron chi connectivity index (χ0n) is 14.1. The minimum absolute atomic E-state index is 0.0466. The summed E-state index contributed by atoms with van der Waals surface area (Å²) >= 11 is 0. The summed E-state index contributed by atoms with van der Waals surface area (Å²) in [6, 6.07) is 0. The van der Waals surface area contributed by atoms with Gasteiger partial charge in [-0.2, -0.15) is 5.10 Å². The average molecular weight is 334 g/mol. The van der Waals surface area contributed by atoms with Crippen molar-refractivity contribution in [2.75, 3.05) is 39.4 Å². The molecule has 1 unspecified atom stereocenters. The van der Waals surface area contributed by atoms with Crippen LogP contribution in [0.25, 0.3) is 0 Å². The molecule has 0 saturated carbocycles. The average Bonchev–Trinajstić information content (AvgIpc) is 3.15. The zero-order chi connectivity index (χ0) is 16.8. The van der Waals surface area contributed by atoms with E-state index in [0.29, 0.717) is 39.3 Å². The highest BCUT2D eigenvalue weighted by Gasteiger charge is 2.31. The molecule has 2 aliphatic rings. The standard InChI is InChI=1S/C17H26N4O3/c22-16(5-1-3-14-11-18-19-12-14)21-6-2-4-15(13-21)17(23)20-7-9-24-10-8-20/h11-12,15H,1-10,13H2,(H,18,19). The summed E-state index contributed by atoms with van der Waals surface area (Å²) in [5, 5.41) is 6.70. The number of hydrogen-bond acceptors (Lipinski definition) is 4. The summed E-state index contributed by atoms with van der Waals surface area (Å²) in [5.41, 5.74) is 1.13. The molecule has 0 aromatic carbocycles. The number of hydrogen-bond donors (Lipinski definition) is 1. The molecule has 2 amide bonds. The molecule has 7 heteroatoms. The van der Waals surface area contributed by atoms with Crippen molar-refractivity contribution < 1.29 is 14.3 Å². The molecule has 0 aliphatic carbocycles. The number of nitrogens with zero attached hydrogens (tertiary/aromatic N) is 3. The van der Waals surface area contributed by atoms with Crippen LogP contribution >= 0.6 is 0 Å². The van der Waals surface area contributed by atoms with E-state index in [2.05, 4.69) is 10.2 Å². The van der Waals surface area contributed by atoms with Crippen LogP contribution < -0.4 is 0 Å². The molecule has 24 heavy (non-hydrogen) atoms. The van der Waals surface area contributed by atoms with E-state index in [0.717, 1.165) is 37.8 Å². The first-order valence-corrected chi connectivity index (χ1v) is 8.86. The number of carbonyl (C=O) groups is 2. The second-order valence-electron chi connectivity index (χ2n) is 6.58. The van der Waals surface area contributed by atoms with Crippen molar-refractivity contribution in [1.82, 2.24) is 20.0 Å². The van der Waals surface area contributed by atoms with Gasteiger partial charge in [0.15, 0.2) is 0 Å². The van der Waals surface area contributed by atoms with Gasteiger partial charge in [-0.3, -0.25) is 14.7 Å². The number of nitrogens with one attached hydrogen (secondary N) is 1. The van der Waals surface area contributed by atoms with E-state index in [4.69, 9.17) is 4.74 Å². The molecule has 3 heterocycles. The van der Waals surface area contributed by atoms with E-state index in [1.54, 1.807) is 6.20 Å². The van der Waals surface area contributed by atoms with Gasteiger partial charge in [0.2, 0.25) is 11.8 Å². The molecule has 2 aliphatic heterocycles. The summed E-state index contributed by atoms with van der Waals surface area (Å²) in [5.74, 6) is 0.307. The Hall–Kier alpha value is -1.89. The molecule has 0 bridgehead atoms. The lowest BCUT2D eigenvalue weighted by Crippen LogP contribution is -2.49. The van der Waals surface area contributed by atoms with Gasteiger partial charge in [-0.05, 0) is 31.2 Å². The summed E-state index contributed by atoms with van der Waals surface area (Å²) in [7, 11) is 0. The lowest BCUT2D eigenvalue weighted by molar-refractivity contribution is -0.144. The van der Waals surface area contributed by atoms with Gasteiger partial charge in [-0.25, -0.2) is 0 Å². The molecular formula is C17H26N4O3. The zero-order valence-corrected chi connectivity index (χ0v) is 14.1. The molecule has 2 saturated heterocycles.